The van der Waals surface area contributed by atoms with E-state index in [1.165, 1.54) is 77.8 Å². The van der Waals surface area contributed by atoms with Crippen molar-refractivity contribution in [2.24, 2.45) is 10.2 Å². The van der Waals surface area contributed by atoms with Crippen molar-refractivity contribution in [1.82, 2.24) is 0 Å². The van der Waals surface area contributed by atoms with E-state index in [9.17, 15) is 0 Å². The van der Waals surface area contributed by atoms with Crippen LogP contribution in [0.5, 0.6) is 11.5 Å². The molecule has 0 aliphatic rings. The third kappa shape index (κ3) is 11.6. The second-order valence-corrected chi connectivity index (χ2v) is 11.4. The Balaban J connectivity index is 1.86. The van der Waals surface area contributed by atoms with Gasteiger partial charge in [-0.3, -0.25) is 0 Å². The lowest BCUT2D eigenvalue weighted by Crippen LogP contribution is -2.52. The van der Waals surface area contributed by atoms with Gasteiger partial charge in [-0.25, -0.2) is 0 Å². The number of hydrogen-bond acceptors (Lipinski definition) is 4. The zero-order valence-corrected chi connectivity index (χ0v) is 26.5. The van der Waals surface area contributed by atoms with Gasteiger partial charge in [-0.05, 0) is 87.1 Å². The Hall–Kier alpha value is -2.44. The molecule has 0 radical (unpaired) electrons. The smallest absolute Gasteiger partial charge is 0.137 e. The molecular weight excluding hydrogens is 496 g/mol. The van der Waals surface area contributed by atoms with Crippen LogP contribution in [0.2, 0.25) is 0 Å². The van der Waals surface area contributed by atoms with Crippen LogP contribution in [0, 0.1) is 0 Å². The molecule has 0 heterocycles. The summed E-state index contributed by atoms with van der Waals surface area (Å²) >= 11 is 0. The first-order valence-electron chi connectivity index (χ1n) is 16.0. The molecule has 0 aromatic heterocycles. The van der Waals surface area contributed by atoms with Crippen LogP contribution in [0.25, 0.3) is 0 Å². The second kappa shape index (κ2) is 18.8. The van der Waals surface area contributed by atoms with Gasteiger partial charge in [-0.15, -0.1) is 0 Å². The molecule has 6 nitrogen and oxygen atoms in total. The van der Waals surface area contributed by atoms with E-state index in [4.69, 9.17) is 9.47 Å². The van der Waals surface area contributed by atoms with Crippen molar-refractivity contribution >= 4 is 11.4 Å². The fourth-order valence-electron chi connectivity index (χ4n) is 6.24. The Kier molecular flexibility index (Phi) is 15.9. The standard InChI is InChI=1S/C34H58N4O2/c1-7-21-37(22-8-2,23-9-3)27-29-39-33-17-13-31(14-18-33)35-36-32-15-19-34(20-16-32)40-30-28-38(24-10-4,25-11-5)26-12-6/h13-20H,7-12,21-30H2,1-6H3/q+2. The number of benzene rings is 2. The van der Waals surface area contributed by atoms with Crippen LogP contribution in [0.4, 0.5) is 11.4 Å². The van der Waals surface area contributed by atoms with Gasteiger partial charge in [-0.1, -0.05) is 41.5 Å². The molecule has 2 rings (SSSR count). The SMILES string of the molecule is CCC[N+](CCC)(CCC)CCOc1ccc(N=Nc2ccc(OCC[N+](CCC)(CCC)CCC)cc2)cc1. The van der Waals surface area contributed by atoms with Gasteiger partial charge in [0.15, 0.2) is 0 Å². The maximum absolute atomic E-state index is 6.12. The lowest BCUT2D eigenvalue weighted by atomic mass is 10.2. The maximum Gasteiger partial charge on any atom is 0.137 e. The minimum absolute atomic E-state index is 0.741. The van der Waals surface area contributed by atoms with Gasteiger partial charge in [0, 0.05) is 0 Å². The van der Waals surface area contributed by atoms with Crippen molar-refractivity contribution in [1.29, 1.82) is 0 Å². The van der Waals surface area contributed by atoms with Crippen LogP contribution in [-0.4, -0.2) is 74.5 Å². The molecule has 40 heavy (non-hydrogen) atoms. The van der Waals surface area contributed by atoms with Crippen LogP contribution in [-0.2, 0) is 0 Å². The predicted molar refractivity (Wildman–Crippen MR) is 169 cm³/mol. The van der Waals surface area contributed by atoms with Gasteiger partial charge in [0.2, 0.25) is 0 Å². The predicted octanol–water partition coefficient (Wildman–Crippen LogP) is 8.95. The Labute approximate surface area is 245 Å². The molecule has 0 N–H and O–H groups in total. The number of rotatable bonds is 22. The van der Waals surface area contributed by atoms with E-state index in [1.54, 1.807) is 0 Å². The molecule has 0 saturated heterocycles. The minimum Gasteiger partial charge on any atom is -0.488 e. The molecule has 0 amide bonds. The van der Waals surface area contributed by atoms with E-state index in [2.05, 4.69) is 51.8 Å². The Morgan fingerprint density at radius 3 is 0.950 bits per heavy atom. The normalized spacial score (nSPS) is 12.2. The highest BCUT2D eigenvalue weighted by molar-refractivity contribution is 5.44. The van der Waals surface area contributed by atoms with Crippen molar-refractivity contribution in [2.45, 2.75) is 80.1 Å². The third-order valence-corrected chi connectivity index (χ3v) is 7.81. The van der Waals surface area contributed by atoms with Crippen molar-refractivity contribution in [2.75, 3.05) is 65.6 Å². The third-order valence-electron chi connectivity index (χ3n) is 7.81. The van der Waals surface area contributed by atoms with Gasteiger partial charge >= 0.3 is 0 Å². The summed E-state index contributed by atoms with van der Waals surface area (Å²) in [6.45, 7) is 24.7. The average Bonchev–Trinajstić information content (AvgIpc) is 2.94. The molecule has 0 aliphatic carbocycles. The highest BCUT2D eigenvalue weighted by Gasteiger charge is 2.25. The van der Waals surface area contributed by atoms with E-state index in [0.717, 1.165) is 58.1 Å². The number of azo groups is 1. The number of nitrogens with zero attached hydrogens (tertiary/aromatic N) is 4. The van der Waals surface area contributed by atoms with Crippen molar-refractivity contribution in [3.8, 4) is 11.5 Å². The summed E-state index contributed by atoms with van der Waals surface area (Å²) in [6, 6.07) is 15.8. The zero-order chi connectivity index (χ0) is 29.1. The van der Waals surface area contributed by atoms with Crippen LogP contribution in [0.1, 0.15) is 80.1 Å². The minimum atomic E-state index is 0.741. The largest absolute Gasteiger partial charge is 0.488 e. The molecule has 0 unspecified atom stereocenters. The summed E-state index contributed by atoms with van der Waals surface area (Å²) in [4.78, 5) is 0. The summed E-state index contributed by atoms with van der Waals surface area (Å²) in [5.74, 6) is 1.78. The molecule has 0 atom stereocenters. The molecule has 0 spiro atoms. The molecule has 224 valence electrons. The number of quaternary nitrogens is 2. The molecule has 0 saturated carbocycles. The van der Waals surface area contributed by atoms with E-state index in [1.807, 2.05) is 48.5 Å². The van der Waals surface area contributed by atoms with Crippen molar-refractivity contribution in [3.05, 3.63) is 48.5 Å². The van der Waals surface area contributed by atoms with Crippen molar-refractivity contribution in [3.63, 3.8) is 0 Å². The highest BCUT2D eigenvalue weighted by atomic mass is 16.5. The van der Waals surface area contributed by atoms with Crippen LogP contribution < -0.4 is 9.47 Å². The lowest BCUT2D eigenvalue weighted by molar-refractivity contribution is -0.928. The Morgan fingerprint density at radius 2 is 0.700 bits per heavy atom. The average molecular weight is 555 g/mol. The Bertz CT molecular complexity index is 832. The molecular formula is C34H58N4O2+2. The van der Waals surface area contributed by atoms with E-state index >= 15 is 0 Å². The van der Waals surface area contributed by atoms with E-state index < -0.39 is 0 Å². The van der Waals surface area contributed by atoms with Gasteiger partial charge in [0.25, 0.3) is 0 Å². The second-order valence-electron chi connectivity index (χ2n) is 11.4. The zero-order valence-electron chi connectivity index (χ0n) is 26.5. The maximum atomic E-state index is 6.12. The number of ether oxygens (including phenoxy) is 2. The quantitative estimate of drug-likeness (QED) is 0.108. The van der Waals surface area contributed by atoms with Crippen LogP contribution >= 0.6 is 0 Å². The van der Waals surface area contributed by atoms with E-state index in [0.29, 0.717) is 0 Å². The molecule has 0 fully saturated rings. The summed E-state index contributed by atoms with van der Waals surface area (Å²) in [5, 5.41) is 8.84. The first kappa shape index (κ1) is 33.8. The van der Waals surface area contributed by atoms with Gasteiger partial charge in [0.05, 0.1) is 50.6 Å². The highest BCUT2D eigenvalue weighted by Crippen LogP contribution is 2.24. The first-order valence-corrected chi connectivity index (χ1v) is 16.0. The van der Waals surface area contributed by atoms with Crippen molar-refractivity contribution < 1.29 is 18.4 Å². The molecule has 0 aliphatic heterocycles. The first-order chi connectivity index (χ1) is 19.5. The van der Waals surface area contributed by atoms with E-state index in [-0.39, 0.29) is 0 Å². The van der Waals surface area contributed by atoms with Gasteiger partial charge in [-0.2, -0.15) is 10.2 Å². The lowest BCUT2D eigenvalue weighted by Gasteiger charge is -2.38. The van der Waals surface area contributed by atoms with Crippen LogP contribution in [0.3, 0.4) is 0 Å². The summed E-state index contributed by atoms with van der Waals surface area (Å²) in [5.41, 5.74) is 1.63. The Morgan fingerprint density at radius 1 is 0.425 bits per heavy atom. The summed E-state index contributed by atoms with van der Waals surface area (Å²) in [7, 11) is 0. The van der Waals surface area contributed by atoms with Crippen LogP contribution in [0.15, 0.2) is 58.8 Å². The number of hydrogen-bond donors (Lipinski definition) is 0. The molecule has 2 aromatic rings. The topological polar surface area (TPSA) is 43.2 Å². The van der Waals surface area contributed by atoms with Gasteiger partial charge < -0.3 is 18.4 Å². The molecule has 2 aromatic carbocycles. The fourth-order valence-corrected chi connectivity index (χ4v) is 6.24. The summed E-state index contributed by atoms with van der Waals surface area (Å²) in [6.07, 6.45) is 7.29. The monoisotopic (exact) mass is 554 g/mol. The fraction of sp³-hybridized carbons (Fsp3) is 0.647. The van der Waals surface area contributed by atoms with Gasteiger partial charge in [0.1, 0.15) is 37.8 Å². The molecule has 0 bridgehead atoms. The molecule has 6 heteroatoms. The summed E-state index contributed by atoms with van der Waals surface area (Å²) < 4.78 is 14.6.